The van der Waals surface area contributed by atoms with E-state index in [0.29, 0.717) is 5.76 Å². The van der Waals surface area contributed by atoms with Crippen LogP contribution in [0, 0.1) is 5.92 Å². The minimum absolute atomic E-state index is 0.277. The lowest BCUT2D eigenvalue weighted by Gasteiger charge is -2.19. The van der Waals surface area contributed by atoms with Gasteiger partial charge in [-0.3, -0.25) is 4.94 Å². The molecule has 0 unspecified atom stereocenters. The van der Waals surface area contributed by atoms with Crippen LogP contribution in [0.15, 0.2) is 12.3 Å². The van der Waals surface area contributed by atoms with Crippen molar-refractivity contribution in [3.63, 3.8) is 0 Å². The largest absolute Gasteiger partial charge is 0.299 e. The molecule has 10 heavy (non-hydrogen) atoms. The van der Waals surface area contributed by atoms with Gasteiger partial charge in [0.05, 0.1) is 0 Å². The van der Waals surface area contributed by atoms with Crippen LogP contribution in [-0.2, 0) is 4.94 Å². The van der Waals surface area contributed by atoms with Crippen molar-refractivity contribution in [2.24, 2.45) is 5.92 Å². The predicted octanol–water partition coefficient (Wildman–Crippen LogP) is 2.98. The van der Waals surface area contributed by atoms with Crippen molar-refractivity contribution in [1.29, 1.82) is 0 Å². The van der Waals surface area contributed by atoms with E-state index in [4.69, 9.17) is 0 Å². The molecule has 0 atom stereocenters. The van der Waals surface area contributed by atoms with Gasteiger partial charge in [0.1, 0.15) is 5.76 Å². The van der Waals surface area contributed by atoms with Gasteiger partial charge in [-0.15, -0.1) is 0 Å². The second-order valence-electron chi connectivity index (χ2n) is 2.88. The van der Waals surface area contributed by atoms with Gasteiger partial charge in [0.15, 0.2) is 0 Å². The first-order valence-electron chi connectivity index (χ1n) is 3.82. The van der Waals surface area contributed by atoms with E-state index in [2.05, 4.69) is 11.5 Å². The Morgan fingerprint density at radius 2 is 1.90 bits per heavy atom. The second kappa shape index (κ2) is 3.59. The normalized spacial score (nSPS) is 20.5. The summed E-state index contributed by atoms with van der Waals surface area (Å²) in [7, 11) is 0. The molecule has 2 heteroatoms. The summed E-state index contributed by atoms with van der Waals surface area (Å²) in [6.45, 7) is 3.50. The second-order valence-corrected chi connectivity index (χ2v) is 2.88. The van der Waals surface area contributed by atoms with Crippen molar-refractivity contribution < 1.29 is 9.47 Å². The van der Waals surface area contributed by atoms with E-state index in [-0.39, 0.29) is 5.92 Å². The van der Waals surface area contributed by atoms with Crippen molar-refractivity contribution in [1.82, 2.24) is 0 Å². The summed E-state index contributed by atoms with van der Waals surface area (Å²) in [6, 6.07) is 0. The molecule has 58 valence electrons. The number of allylic oxidation sites excluding steroid dienone is 1. The summed E-state index contributed by atoms with van der Waals surface area (Å²) in [5, 5.41) is 0. The summed E-state index contributed by atoms with van der Waals surface area (Å²) in [6.07, 6.45) is 5.74. The predicted molar refractivity (Wildman–Crippen MR) is 37.9 cm³/mol. The highest BCUT2D eigenvalue weighted by molar-refractivity contribution is 4.91. The monoisotopic (exact) mass is 144 g/mol. The van der Waals surface area contributed by atoms with Crippen LogP contribution >= 0.6 is 0 Å². The lowest BCUT2D eigenvalue weighted by molar-refractivity contribution is -0.0973. The molecule has 0 radical (unpaired) electrons. The summed E-state index contributed by atoms with van der Waals surface area (Å²) < 4.78 is 11.6. The Morgan fingerprint density at radius 1 is 1.30 bits per heavy atom. The van der Waals surface area contributed by atoms with Gasteiger partial charge in [0.2, 0.25) is 0 Å². The molecule has 0 aliphatic heterocycles. The summed E-state index contributed by atoms with van der Waals surface area (Å²) in [5.41, 5.74) is 0. The van der Waals surface area contributed by atoms with Crippen molar-refractivity contribution in [2.75, 3.05) is 0 Å². The van der Waals surface area contributed by atoms with Gasteiger partial charge in [0, 0.05) is 10.4 Å². The molecule has 0 bridgehead atoms. The zero-order chi connectivity index (χ0) is 7.40. The average molecular weight is 144 g/mol. The Morgan fingerprint density at radius 3 is 2.40 bits per heavy atom. The fraction of sp³-hybridized carbons (Fsp3) is 0.750. The van der Waals surface area contributed by atoms with Gasteiger partial charge in [-0.2, -0.15) is 0 Å². The van der Waals surface area contributed by atoms with Crippen molar-refractivity contribution >= 4 is 0 Å². The first-order valence-corrected chi connectivity index (χ1v) is 3.82. The third-order valence-electron chi connectivity index (χ3n) is 2.16. The Kier molecular flexibility index (Phi) is 2.72. The van der Waals surface area contributed by atoms with Gasteiger partial charge in [-0.05, 0) is 12.8 Å². The molecule has 1 nitrogen and oxygen atoms in total. The summed E-state index contributed by atoms with van der Waals surface area (Å²) in [5.74, 6) is 0.596. The zero-order valence-electron chi connectivity index (χ0n) is 6.11. The Hall–Kier alpha value is -0.530. The summed E-state index contributed by atoms with van der Waals surface area (Å²) in [4.78, 5) is 3.60. The standard InChI is InChI=1S/C8H13FO/c1-7(10-9)8-5-3-2-4-6-8/h8H,1-6H2. The molecule has 1 aliphatic rings. The molecular formula is C8H13FO. The molecule has 0 aromatic heterocycles. The van der Waals surface area contributed by atoms with Crippen LogP contribution in [0.5, 0.6) is 0 Å². The lowest BCUT2D eigenvalue weighted by Crippen LogP contribution is -2.08. The smallest absolute Gasteiger partial charge is 0.144 e. The maximum atomic E-state index is 11.6. The molecule has 0 amide bonds. The van der Waals surface area contributed by atoms with E-state index >= 15 is 0 Å². The Balaban J connectivity index is 2.31. The SMILES string of the molecule is C=C(OF)C1CCCCC1. The first-order chi connectivity index (χ1) is 4.84. The van der Waals surface area contributed by atoms with Gasteiger partial charge in [-0.1, -0.05) is 25.8 Å². The topological polar surface area (TPSA) is 9.23 Å². The van der Waals surface area contributed by atoms with Crippen LogP contribution in [0.25, 0.3) is 0 Å². The third-order valence-corrected chi connectivity index (χ3v) is 2.16. The Labute approximate surface area is 60.8 Å². The molecule has 0 heterocycles. The van der Waals surface area contributed by atoms with Gasteiger partial charge in [0.25, 0.3) is 0 Å². The number of hydrogen-bond donors (Lipinski definition) is 0. The van der Waals surface area contributed by atoms with Gasteiger partial charge >= 0.3 is 0 Å². The van der Waals surface area contributed by atoms with Crippen LogP contribution in [-0.4, -0.2) is 0 Å². The van der Waals surface area contributed by atoms with Crippen molar-refractivity contribution in [3.05, 3.63) is 12.3 Å². The minimum atomic E-state index is 0.277. The quantitative estimate of drug-likeness (QED) is 0.541. The number of hydrogen-bond acceptors (Lipinski definition) is 1. The van der Waals surface area contributed by atoms with E-state index in [1.54, 1.807) is 0 Å². The highest BCUT2D eigenvalue weighted by atomic mass is 19.3. The molecular weight excluding hydrogens is 131 g/mol. The van der Waals surface area contributed by atoms with E-state index in [1.165, 1.54) is 19.3 Å². The van der Waals surface area contributed by atoms with E-state index < -0.39 is 0 Å². The van der Waals surface area contributed by atoms with E-state index in [9.17, 15) is 4.53 Å². The molecule has 1 rings (SSSR count). The Bertz CT molecular complexity index is 116. The number of rotatable bonds is 2. The molecule has 1 aliphatic carbocycles. The van der Waals surface area contributed by atoms with Crippen molar-refractivity contribution in [3.8, 4) is 0 Å². The molecule has 0 aromatic rings. The van der Waals surface area contributed by atoms with Gasteiger partial charge < -0.3 is 0 Å². The molecule has 0 aromatic carbocycles. The highest BCUT2D eigenvalue weighted by Gasteiger charge is 2.17. The fourth-order valence-corrected chi connectivity index (χ4v) is 1.49. The molecule has 0 spiro atoms. The van der Waals surface area contributed by atoms with E-state index in [1.807, 2.05) is 0 Å². The van der Waals surface area contributed by atoms with Crippen LogP contribution in [0.1, 0.15) is 32.1 Å². The highest BCUT2D eigenvalue weighted by Crippen LogP contribution is 2.29. The van der Waals surface area contributed by atoms with Crippen LogP contribution in [0.4, 0.5) is 4.53 Å². The van der Waals surface area contributed by atoms with Crippen molar-refractivity contribution in [2.45, 2.75) is 32.1 Å². The third kappa shape index (κ3) is 1.72. The van der Waals surface area contributed by atoms with Crippen LogP contribution < -0.4 is 0 Å². The minimum Gasteiger partial charge on any atom is -0.299 e. The molecule has 1 fully saturated rings. The van der Waals surface area contributed by atoms with Gasteiger partial charge in [-0.25, -0.2) is 0 Å². The lowest BCUT2D eigenvalue weighted by atomic mass is 9.88. The van der Waals surface area contributed by atoms with E-state index in [0.717, 1.165) is 12.8 Å². The molecule has 0 N–H and O–H groups in total. The summed E-state index contributed by atoms with van der Waals surface area (Å²) >= 11 is 0. The van der Waals surface area contributed by atoms with Crippen LogP contribution in [0.3, 0.4) is 0 Å². The van der Waals surface area contributed by atoms with Crippen LogP contribution in [0.2, 0.25) is 0 Å². The molecule has 0 saturated heterocycles. The maximum absolute atomic E-state index is 11.6. The number of halogens is 1. The zero-order valence-corrected chi connectivity index (χ0v) is 6.11. The first kappa shape index (κ1) is 7.58. The maximum Gasteiger partial charge on any atom is 0.144 e. The molecule has 1 saturated carbocycles. The average Bonchev–Trinajstić information content (AvgIpc) is 2.05. The fourth-order valence-electron chi connectivity index (χ4n) is 1.49.